The van der Waals surface area contributed by atoms with Gasteiger partial charge in [-0.3, -0.25) is 24.0 Å². The summed E-state index contributed by atoms with van der Waals surface area (Å²) in [4.78, 5) is 82.5. The van der Waals surface area contributed by atoms with Crippen molar-refractivity contribution in [3.8, 4) is 0 Å². The second-order valence-corrected chi connectivity index (χ2v) is 11.4. The molecule has 0 aromatic heterocycles. The van der Waals surface area contributed by atoms with Crippen LogP contribution in [0.25, 0.3) is 0 Å². The Morgan fingerprint density at radius 3 is 1.22 bits per heavy atom. The van der Waals surface area contributed by atoms with E-state index in [1.807, 2.05) is 0 Å². The van der Waals surface area contributed by atoms with E-state index in [4.69, 9.17) is 10.2 Å². The predicted molar refractivity (Wildman–Crippen MR) is 164 cm³/mol. The second-order valence-electron chi connectivity index (χ2n) is 11.4. The monoisotopic (exact) mass is 643 g/mol. The molecular weight excluding hydrogens is 590 g/mol. The third kappa shape index (κ3) is 23.4. The largest absolute Gasteiger partial charge is 0.481 e. The SMILES string of the molecule is CCCCCCCCCCCCCCCC(=O)NC(CCC(=O)NC(CCC(=O)O)C(=O)O)C(=O)NC(CCC(=O)O)C(=O)O. The average Bonchev–Trinajstić information content (AvgIpc) is 2.97. The maximum Gasteiger partial charge on any atom is 0.326 e. The number of unbranched alkanes of at least 4 members (excludes halogenated alkanes) is 12. The van der Waals surface area contributed by atoms with Gasteiger partial charge in [0.2, 0.25) is 17.7 Å². The van der Waals surface area contributed by atoms with Gasteiger partial charge in [0, 0.05) is 25.7 Å². The van der Waals surface area contributed by atoms with Crippen LogP contribution >= 0.6 is 0 Å². The van der Waals surface area contributed by atoms with E-state index in [9.17, 15) is 43.8 Å². The van der Waals surface area contributed by atoms with Crippen molar-refractivity contribution in [2.75, 3.05) is 0 Å². The number of carboxylic acid groups (broad SMARTS) is 4. The first-order chi connectivity index (χ1) is 21.4. The minimum absolute atomic E-state index is 0.103. The van der Waals surface area contributed by atoms with Gasteiger partial charge in [-0.2, -0.15) is 0 Å². The molecule has 0 fully saturated rings. The van der Waals surface area contributed by atoms with E-state index < -0.39 is 85.4 Å². The third-order valence-electron chi connectivity index (χ3n) is 7.36. The van der Waals surface area contributed by atoms with Crippen molar-refractivity contribution in [3.63, 3.8) is 0 Å². The highest BCUT2D eigenvalue weighted by Crippen LogP contribution is 2.13. The molecule has 45 heavy (non-hydrogen) atoms. The molecule has 3 unspecified atom stereocenters. The van der Waals surface area contributed by atoms with Gasteiger partial charge in [0.25, 0.3) is 0 Å². The molecule has 0 saturated carbocycles. The number of nitrogens with one attached hydrogen (secondary N) is 3. The molecule has 0 aromatic rings. The lowest BCUT2D eigenvalue weighted by Crippen LogP contribution is -2.52. The van der Waals surface area contributed by atoms with Crippen LogP contribution in [0.2, 0.25) is 0 Å². The van der Waals surface area contributed by atoms with Crippen LogP contribution in [-0.4, -0.2) is 80.2 Å². The zero-order chi connectivity index (χ0) is 34.0. The van der Waals surface area contributed by atoms with E-state index in [0.717, 1.165) is 25.7 Å². The summed E-state index contributed by atoms with van der Waals surface area (Å²) >= 11 is 0. The molecule has 0 heterocycles. The first kappa shape index (κ1) is 41.3. The Labute approximate surface area is 265 Å². The van der Waals surface area contributed by atoms with E-state index in [0.29, 0.717) is 6.42 Å². The lowest BCUT2D eigenvalue weighted by Gasteiger charge is -2.22. The lowest BCUT2D eigenvalue weighted by molar-refractivity contribution is -0.144. The molecule has 0 aromatic carbocycles. The smallest absolute Gasteiger partial charge is 0.326 e. The fourth-order valence-electron chi connectivity index (χ4n) is 4.70. The molecule has 0 rings (SSSR count). The van der Waals surface area contributed by atoms with Gasteiger partial charge in [0.1, 0.15) is 18.1 Å². The maximum atomic E-state index is 12.9. The molecule has 0 radical (unpaired) electrons. The van der Waals surface area contributed by atoms with Crippen LogP contribution in [0.3, 0.4) is 0 Å². The van der Waals surface area contributed by atoms with E-state index >= 15 is 0 Å². The number of carbonyl (C=O) groups excluding carboxylic acids is 3. The summed E-state index contributed by atoms with van der Waals surface area (Å²) in [7, 11) is 0. The molecule has 0 bridgehead atoms. The van der Waals surface area contributed by atoms with E-state index in [1.54, 1.807) is 0 Å². The first-order valence-corrected chi connectivity index (χ1v) is 16.2. The van der Waals surface area contributed by atoms with E-state index in [-0.39, 0.29) is 19.3 Å². The first-order valence-electron chi connectivity index (χ1n) is 16.2. The number of carboxylic acids is 4. The number of amides is 3. The summed E-state index contributed by atoms with van der Waals surface area (Å²) in [6.07, 6.45) is 12.2. The molecule has 0 spiro atoms. The fourth-order valence-corrected chi connectivity index (χ4v) is 4.70. The van der Waals surface area contributed by atoms with E-state index in [2.05, 4.69) is 22.9 Å². The number of carbonyl (C=O) groups is 7. The Morgan fingerprint density at radius 2 is 0.800 bits per heavy atom. The Bertz CT molecular complexity index is 942. The standard InChI is InChI=1S/C31H53N3O11/c1-2-3-4-5-6-7-8-9-10-11-12-13-14-15-25(35)32-22(29(41)34-24(31(44)45)18-21-28(39)40)16-19-26(36)33-23(30(42)43)17-20-27(37)38/h22-24H,2-21H2,1H3,(H,32,35)(H,33,36)(H,34,41)(H,37,38)(H,39,40)(H,42,43)(H,44,45). The molecule has 0 aliphatic rings. The van der Waals surface area contributed by atoms with Crippen molar-refractivity contribution in [1.29, 1.82) is 0 Å². The van der Waals surface area contributed by atoms with Crippen LogP contribution in [0, 0.1) is 0 Å². The van der Waals surface area contributed by atoms with Gasteiger partial charge < -0.3 is 36.4 Å². The van der Waals surface area contributed by atoms with Crippen LogP contribution in [0.1, 0.15) is 135 Å². The Hall–Kier alpha value is -3.71. The molecule has 0 aliphatic heterocycles. The second kappa shape index (κ2) is 25.6. The maximum absolute atomic E-state index is 12.9. The summed E-state index contributed by atoms with van der Waals surface area (Å²) in [5.74, 6) is -7.63. The minimum atomic E-state index is -1.55. The van der Waals surface area contributed by atoms with Crippen molar-refractivity contribution in [1.82, 2.24) is 16.0 Å². The van der Waals surface area contributed by atoms with Crippen molar-refractivity contribution in [2.45, 2.75) is 153 Å². The van der Waals surface area contributed by atoms with Gasteiger partial charge in [-0.1, -0.05) is 84.0 Å². The molecule has 14 heteroatoms. The molecular formula is C31H53N3O11. The van der Waals surface area contributed by atoms with Gasteiger partial charge in [-0.25, -0.2) is 9.59 Å². The lowest BCUT2D eigenvalue weighted by atomic mass is 10.0. The van der Waals surface area contributed by atoms with Gasteiger partial charge in [-0.15, -0.1) is 0 Å². The molecule has 7 N–H and O–H groups in total. The predicted octanol–water partition coefficient (Wildman–Crippen LogP) is 3.60. The zero-order valence-corrected chi connectivity index (χ0v) is 26.5. The molecule has 3 amide bonds. The summed E-state index contributed by atoms with van der Waals surface area (Å²) in [5.41, 5.74) is 0. The van der Waals surface area contributed by atoms with Crippen molar-refractivity contribution >= 4 is 41.6 Å². The Morgan fingerprint density at radius 1 is 0.444 bits per heavy atom. The van der Waals surface area contributed by atoms with Crippen molar-refractivity contribution < 1.29 is 54.0 Å². The van der Waals surface area contributed by atoms with Gasteiger partial charge in [0.05, 0.1) is 0 Å². The highest BCUT2D eigenvalue weighted by atomic mass is 16.4. The Kier molecular flexibility index (Phi) is 23.5. The highest BCUT2D eigenvalue weighted by molar-refractivity contribution is 5.91. The van der Waals surface area contributed by atoms with Crippen LogP contribution in [0.5, 0.6) is 0 Å². The molecule has 14 nitrogen and oxygen atoms in total. The summed E-state index contributed by atoms with van der Waals surface area (Å²) in [5, 5.41) is 43.2. The number of rotatable bonds is 29. The molecule has 258 valence electrons. The molecule has 0 aliphatic carbocycles. The third-order valence-corrected chi connectivity index (χ3v) is 7.36. The topological polar surface area (TPSA) is 236 Å². The normalized spacial score (nSPS) is 12.8. The van der Waals surface area contributed by atoms with Gasteiger partial charge in [0.15, 0.2) is 0 Å². The van der Waals surface area contributed by atoms with Crippen LogP contribution in [0.15, 0.2) is 0 Å². The average molecular weight is 644 g/mol. The van der Waals surface area contributed by atoms with Crippen LogP contribution in [0.4, 0.5) is 0 Å². The van der Waals surface area contributed by atoms with E-state index in [1.165, 1.54) is 51.4 Å². The van der Waals surface area contributed by atoms with Crippen LogP contribution in [-0.2, 0) is 33.6 Å². The highest BCUT2D eigenvalue weighted by Gasteiger charge is 2.28. The molecule has 3 atom stereocenters. The Balaban J connectivity index is 4.88. The number of hydrogen-bond donors (Lipinski definition) is 7. The summed E-state index contributed by atoms with van der Waals surface area (Å²) in [6, 6.07) is -4.37. The molecule has 0 saturated heterocycles. The van der Waals surface area contributed by atoms with Gasteiger partial charge >= 0.3 is 23.9 Å². The number of hydrogen-bond acceptors (Lipinski definition) is 7. The minimum Gasteiger partial charge on any atom is -0.481 e. The summed E-state index contributed by atoms with van der Waals surface area (Å²) in [6.45, 7) is 2.20. The summed E-state index contributed by atoms with van der Waals surface area (Å²) < 4.78 is 0. The zero-order valence-electron chi connectivity index (χ0n) is 26.5. The van der Waals surface area contributed by atoms with Crippen LogP contribution < -0.4 is 16.0 Å². The van der Waals surface area contributed by atoms with Crippen molar-refractivity contribution in [3.05, 3.63) is 0 Å². The van der Waals surface area contributed by atoms with Crippen molar-refractivity contribution in [2.24, 2.45) is 0 Å². The fraction of sp³-hybridized carbons (Fsp3) is 0.774. The quantitative estimate of drug-likeness (QED) is 0.0581. The van der Waals surface area contributed by atoms with Gasteiger partial charge in [-0.05, 0) is 25.7 Å². The number of aliphatic carboxylic acids is 4.